The Morgan fingerprint density at radius 1 is 1.20 bits per heavy atom. The summed E-state index contributed by atoms with van der Waals surface area (Å²) in [5.74, 6) is -0.325. The number of likely N-dealkylation sites (N-methyl/N-ethyl adjacent to an activating group) is 2. The summed E-state index contributed by atoms with van der Waals surface area (Å²) in [7, 11) is 5.28. The van der Waals surface area contributed by atoms with Gasteiger partial charge in [-0.05, 0) is 31.3 Å². The van der Waals surface area contributed by atoms with Crippen molar-refractivity contribution in [2.45, 2.75) is 4.71 Å². The maximum Gasteiger partial charge on any atom is 0.337 e. The van der Waals surface area contributed by atoms with Gasteiger partial charge in [0.1, 0.15) is 0 Å². The van der Waals surface area contributed by atoms with Crippen molar-refractivity contribution >= 4 is 36.9 Å². The average Bonchev–Trinajstić information content (AvgIpc) is 2.43. The second-order valence-corrected chi connectivity index (χ2v) is 5.44. The third-order valence-electron chi connectivity index (χ3n) is 2.88. The second kappa shape index (κ2) is 9.76. The Bertz CT molecular complexity index is 415. The summed E-state index contributed by atoms with van der Waals surface area (Å²) in [6.07, 6.45) is 0. The van der Waals surface area contributed by atoms with Gasteiger partial charge in [-0.3, -0.25) is 0 Å². The molecule has 0 saturated heterocycles. The molecule has 4 nitrogen and oxygen atoms in total. The number of methoxy groups -OCH3 is 1. The van der Waals surface area contributed by atoms with Crippen molar-refractivity contribution in [1.82, 2.24) is 4.90 Å². The van der Waals surface area contributed by atoms with Crippen LogP contribution in [-0.4, -0.2) is 49.9 Å². The van der Waals surface area contributed by atoms with Crippen LogP contribution in [0.15, 0.2) is 24.3 Å². The topological polar surface area (TPSA) is 32.8 Å². The van der Waals surface area contributed by atoms with Crippen LogP contribution >= 0.6 is 0 Å². The Hall–Kier alpha value is -0.110. The number of rotatable bonds is 6. The van der Waals surface area contributed by atoms with Crippen LogP contribution in [0.2, 0.25) is 0 Å². The van der Waals surface area contributed by atoms with Gasteiger partial charge in [-0.2, -0.15) is 0 Å². The molecule has 1 aromatic carbocycles. The number of hydrogen-bond acceptors (Lipinski definition) is 6. The molecule has 0 aliphatic carbocycles. The number of carbonyl (C=O) groups is 1. The molecule has 117 valence electrons. The van der Waals surface area contributed by atoms with Gasteiger partial charge in [0.15, 0.2) is 0 Å². The van der Waals surface area contributed by atoms with Crippen molar-refractivity contribution in [2.24, 2.45) is 0 Å². The van der Waals surface area contributed by atoms with Gasteiger partial charge in [-0.25, -0.2) is 9.50 Å². The van der Waals surface area contributed by atoms with E-state index in [-0.39, 0.29) is 33.1 Å². The Morgan fingerprint density at radius 2 is 1.75 bits per heavy atom. The SMILES string of the molecule is COC(=O)c1ccc(N(C)CCN(C)C([S-])[S-])cc1.[Au]. The van der Waals surface area contributed by atoms with E-state index < -0.39 is 0 Å². The fourth-order valence-electron chi connectivity index (χ4n) is 1.51. The van der Waals surface area contributed by atoms with Gasteiger partial charge in [-0.1, -0.05) is 0 Å². The van der Waals surface area contributed by atoms with E-state index in [0.717, 1.165) is 18.8 Å². The molecule has 0 N–H and O–H groups in total. The summed E-state index contributed by atoms with van der Waals surface area (Å²) in [6.45, 7) is 1.62. The van der Waals surface area contributed by atoms with Crippen molar-refractivity contribution in [3.8, 4) is 0 Å². The molecule has 1 radical (unpaired) electrons. The van der Waals surface area contributed by atoms with Gasteiger partial charge in [0.05, 0.1) is 12.7 Å². The second-order valence-electron chi connectivity index (χ2n) is 4.25. The van der Waals surface area contributed by atoms with E-state index in [1.54, 1.807) is 12.1 Å². The first kappa shape index (κ1) is 19.9. The van der Waals surface area contributed by atoms with Crippen molar-refractivity contribution in [2.75, 3.05) is 39.2 Å². The zero-order valence-electron chi connectivity index (χ0n) is 11.6. The molecule has 0 atom stereocenters. The van der Waals surface area contributed by atoms with Crippen LogP contribution in [-0.2, 0) is 52.4 Å². The molecule has 1 rings (SSSR count). The summed E-state index contributed by atoms with van der Waals surface area (Å²) < 4.78 is 4.38. The van der Waals surface area contributed by atoms with E-state index >= 15 is 0 Å². The van der Waals surface area contributed by atoms with Gasteiger partial charge < -0.3 is 39.8 Å². The minimum Gasteiger partial charge on any atom is -0.800 e. The number of benzene rings is 1. The molecule has 0 heterocycles. The molecule has 0 saturated carbocycles. The monoisotopic (exact) mass is 495 g/mol. The van der Waals surface area contributed by atoms with Gasteiger partial charge in [0, 0.05) is 48.2 Å². The number of ether oxygens (including phenoxy) is 1. The molecular weight excluding hydrogens is 477 g/mol. The van der Waals surface area contributed by atoms with E-state index in [0.29, 0.717) is 5.56 Å². The fourth-order valence-corrected chi connectivity index (χ4v) is 1.72. The Labute approximate surface area is 147 Å². The van der Waals surface area contributed by atoms with E-state index in [1.807, 2.05) is 31.1 Å². The van der Waals surface area contributed by atoms with E-state index in [4.69, 9.17) is 25.3 Å². The quantitative estimate of drug-likeness (QED) is 0.336. The number of carbonyl (C=O) groups excluding carboxylic acids is 1. The summed E-state index contributed by atoms with van der Waals surface area (Å²) >= 11 is 10.0. The van der Waals surface area contributed by atoms with Crippen LogP contribution < -0.4 is 4.90 Å². The molecule has 0 aromatic heterocycles. The maximum absolute atomic E-state index is 11.3. The molecule has 0 spiro atoms. The van der Waals surface area contributed by atoms with E-state index in [1.165, 1.54) is 7.11 Å². The van der Waals surface area contributed by atoms with Crippen LogP contribution in [0, 0.1) is 0 Å². The van der Waals surface area contributed by atoms with Crippen molar-refractivity contribution in [3.63, 3.8) is 0 Å². The molecule has 1 aromatic rings. The molecular formula is C13H18AuN2O2S2-2. The number of hydrogen-bond donors (Lipinski definition) is 0. The predicted molar refractivity (Wildman–Crippen MR) is 82.2 cm³/mol. The van der Waals surface area contributed by atoms with Crippen LogP contribution in [0.1, 0.15) is 10.4 Å². The molecule has 7 heteroatoms. The third-order valence-corrected chi connectivity index (χ3v) is 3.60. The summed E-state index contributed by atoms with van der Waals surface area (Å²) in [5.41, 5.74) is 1.58. The Balaban J connectivity index is 0.00000361. The van der Waals surface area contributed by atoms with Crippen molar-refractivity contribution in [3.05, 3.63) is 29.8 Å². The standard InChI is InChI=1S/C13H20N2O2S2.Au/c1-14(8-9-15(2)13(18)19)11-6-4-10(5-7-11)12(16)17-3;/h4-7,13,18-19H,8-9H2,1-3H3;/p-2. The first-order chi connectivity index (χ1) is 8.95. The average molecular weight is 495 g/mol. The van der Waals surface area contributed by atoms with Gasteiger partial charge in [0.25, 0.3) is 0 Å². The first-order valence-electron chi connectivity index (χ1n) is 5.87. The van der Waals surface area contributed by atoms with E-state index in [2.05, 4.69) is 9.64 Å². The number of nitrogens with zero attached hydrogens (tertiary/aromatic N) is 2. The summed E-state index contributed by atoms with van der Waals surface area (Å²) in [5, 5.41) is 0. The van der Waals surface area contributed by atoms with Crippen molar-refractivity contribution in [1.29, 1.82) is 0 Å². The van der Waals surface area contributed by atoms with Gasteiger partial charge in [0.2, 0.25) is 0 Å². The van der Waals surface area contributed by atoms with E-state index in [9.17, 15) is 4.79 Å². The van der Waals surface area contributed by atoms with Crippen LogP contribution in [0.25, 0.3) is 0 Å². The van der Waals surface area contributed by atoms with Crippen LogP contribution in [0.3, 0.4) is 0 Å². The normalized spacial score (nSPS) is 10.3. The Morgan fingerprint density at radius 3 is 2.20 bits per heavy atom. The zero-order valence-corrected chi connectivity index (χ0v) is 15.4. The third kappa shape index (κ3) is 6.11. The molecule has 0 aliphatic rings. The maximum atomic E-state index is 11.3. The minimum atomic E-state index is -0.325. The Kier molecular flexibility index (Phi) is 9.71. The summed E-state index contributed by atoms with van der Waals surface area (Å²) in [6, 6.07) is 7.30. The molecule has 0 amide bonds. The fraction of sp³-hybridized carbons (Fsp3) is 0.462. The smallest absolute Gasteiger partial charge is 0.337 e. The van der Waals surface area contributed by atoms with Crippen LogP contribution in [0.5, 0.6) is 0 Å². The molecule has 0 fully saturated rings. The largest absolute Gasteiger partial charge is 0.800 e. The number of anilines is 1. The van der Waals surface area contributed by atoms with Crippen molar-refractivity contribution < 1.29 is 31.9 Å². The zero-order chi connectivity index (χ0) is 14.4. The van der Waals surface area contributed by atoms with Crippen LogP contribution in [0.4, 0.5) is 5.69 Å². The first-order valence-corrected chi connectivity index (χ1v) is 6.81. The number of esters is 1. The molecule has 20 heavy (non-hydrogen) atoms. The summed E-state index contributed by atoms with van der Waals surface area (Å²) in [4.78, 5) is 15.3. The van der Waals surface area contributed by atoms with Gasteiger partial charge >= 0.3 is 5.97 Å². The molecule has 0 bridgehead atoms. The van der Waals surface area contributed by atoms with Gasteiger partial charge in [-0.15, -0.1) is 0 Å². The predicted octanol–water partition coefficient (Wildman–Crippen LogP) is 1.22. The molecule has 0 unspecified atom stereocenters. The minimum absolute atomic E-state index is 0. The molecule has 0 aliphatic heterocycles.